The summed E-state index contributed by atoms with van der Waals surface area (Å²) in [7, 11) is 1.63. The molecule has 1 aromatic heterocycles. The van der Waals surface area contributed by atoms with E-state index in [1.54, 1.807) is 19.5 Å². The van der Waals surface area contributed by atoms with Crippen LogP contribution in [0.25, 0.3) is 0 Å². The number of hydrogen-bond donors (Lipinski definition) is 0. The maximum absolute atomic E-state index is 5.64. The first kappa shape index (κ1) is 17.5. The van der Waals surface area contributed by atoms with Crippen LogP contribution in [0.5, 0.6) is 11.5 Å². The Morgan fingerprint density at radius 2 is 1.46 bits per heavy atom. The van der Waals surface area contributed by atoms with E-state index in [0.29, 0.717) is 13.2 Å². The maximum atomic E-state index is 5.64. The van der Waals surface area contributed by atoms with Gasteiger partial charge < -0.3 is 14.3 Å². The summed E-state index contributed by atoms with van der Waals surface area (Å²) >= 11 is 0. The van der Waals surface area contributed by atoms with Crippen molar-refractivity contribution in [1.82, 2.24) is 4.98 Å². The number of hydrogen-bond acceptors (Lipinski definition) is 5. The third kappa shape index (κ3) is 4.83. The molecule has 0 bridgehead atoms. The zero-order valence-corrected chi connectivity index (χ0v) is 14.5. The topological polar surface area (TPSA) is 52.9 Å². The van der Waals surface area contributed by atoms with Crippen LogP contribution in [0.15, 0.2) is 84.3 Å². The molecular formula is C21H20N2O3. The van der Waals surface area contributed by atoms with Gasteiger partial charge >= 0.3 is 0 Å². The maximum Gasteiger partial charge on any atom is 0.151 e. The van der Waals surface area contributed by atoms with Gasteiger partial charge in [-0.2, -0.15) is 0 Å². The summed E-state index contributed by atoms with van der Waals surface area (Å²) in [5.41, 5.74) is 2.69. The molecule has 132 valence electrons. The first-order valence-electron chi connectivity index (χ1n) is 8.29. The lowest BCUT2D eigenvalue weighted by Gasteiger charge is -2.08. The minimum atomic E-state index is 0.341. The quantitative estimate of drug-likeness (QED) is 0.351. The highest BCUT2D eigenvalue weighted by molar-refractivity contribution is 6.12. The molecule has 3 aromatic rings. The fraction of sp³-hybridized carbons (Fsp3) is 0.143. The molecule has 0 fully saturated rings. The highest BCUT2D eigenvalue weighted by Crippen LogP contribution is 2.17. The Bertz CT molecular complexity index is 777. The fourth-order valence-corrected chi connectivity index (χ4v) is 2.36. The van der Waals surface area contributed by atoms with E-state index in [1.165, 1.54) is 0 Å². The molecule has 0 amide bonds. The minimum Gasteiger partial charge on any atom is -0.497 e. The van der Waals surface area contributed by atoms with Gasteiger partial charge in [0, 0.05) is 23.5 Å². The Kier molecular flexibility index (Phi) is 6.20. The zero-order chi connectivity index (χ0) is 18.0. The molecule has 5 nitrogen and oxygen atoms in total. The second kappa shape index (κ2) is 9.22. The lowest BCUT2D eigenvalue weighted by molar-refractivity contribution is 0.107. The van der Waals surface area contributed by atoms with Crippen molar-refractivity contribution in [2.75, 3.05) is 20.3 Å². The van der Waals surface area contributed by atoms with E-state index in [1.807, 2.05) is 66.7 Å². The largest absolute Gasteiger partial charge is 0.497 e. The normalized spacial score (nSPS) is 11.0. The highest BCUT2D eigenvalue weighted by atomic mass is 16.6. The summed E-state index contributed by atoms with van der Waals surface area (Å²) in [5.74, 6) is 1.55. The number of rotatable bonds is 8. The monoisotopic (exact) mass is 348 g/mol. The van der Waals surface area contributed by atoms with E-state index >= 15 is 0 Å². The molecule has 0 N–H and O–H groups in total. The van der Waals surface area contributed by atoms with Crippen LogP contribution in [0.2, 0.25) is 0 Å². The lowest BCUT2D eigenvalue weighted by Crippen LogP contribution is -2.08. The smallest absolute Gasteiger partial charge is 0.151 e. The van der Waals surface area contributed by atoms with Crippen LogP contribution in [-0.2, 0) is 4.84 Å². The average molecular weight is 348 g/mol. The van der Waals surface area contributed by atoms with Gasteiger partial charge in [-0.3, -0.25) is 4.98 Å². The average Bonchev–Trinajstić information content (AvgIpc) is 2.72. The van der Waals surface area contributed by atoms with Gasteiger partial charge in [0.25, 0.3) is 0 Å². The van der Waals surface area contributed by atoms with Crippen molar-refractivity contribution in [2.45, 2.75) is 0 Å². The number of benzene rings is 2. The molecule has 0 spiro atoms. The molecule has 5 heteroatoms. The fourth-order valence-electron chi connectivity index (χ4n) is 2.36. The molecule has 0 aliphatic carbocycles. The van der Waals surface area contributed by atoms with Crippen molar-refractivity contribution in [3.63, 3.8) is 0 Å². The van der Waals surface area contributed by atoms with Gasteiger partial charge in [-0.1, -0.05) is 35.5 Å². The van der Waals surface area contributed by atoms with Crippen molar-refractivity contribution in [3.05, 3.63) is 90.3 Å². The summed E-state index contributed by atoms with van der Waals surface area (Å²) in [6, 6.07) is 21.1. The first-order chi connectivity index (χ1) is 12.9. The van der Waals surface area contributed by atoms with Gasteiger partial charge in [0.2, 0.25) is 0 Å². The van der Waals surface area contributed by atoms with Gasteiger partial charge in [-0.15, -0.1) is 0 Å². The van der Waals surface area contributed by atoms with Crippen molar-refractivity contribution in [2.24, 2.45) is 5.16 Å². The van der Waals surface area contributed by atoms with Crippen molar-refractivity contribution >= 4 is 5.71 Å². The van der Waals surface area contributed by atoms with Crippen molar-refractivity contribution in [1.29, 1.82) is 0 Å². The summed E-state index contributed by atoms with van der Waals surface area (Å²) in [5, 5.41) is 4.31. The van der Waals surface area contributed by atoms with E-state index in [0.717, 1.165) is 28.3 Å². The van der Waals surface area contributed by atoms with Gasteiger partial charge in [-0.05, 0) is 36.4 Å². The lowest BCUT2D eigenvalue weighted by atomic mass is 10.0. The van der Waals surface area contributed by atoms with Gasteiger partial charge in [0.1, 0.15) is 23.8 Å². The molecule has 0 atom stereocenters. The summed E-state index contributed by atoms with van der Waals surface area (Å²) < 4.78 is 10.8. The molecule has 26 heavy (non-hydrogen) atoms. The predicted octanol–water partition coefficient (Wildman–Crippen LogP) is 3.94. The summed E-state index contributed by atoms with van der Waals surface area (Å²) in [6.45, 7) is 0.738. The van der Waals surface area contributed by atoms with E-state index < -0.39 is 0 Å². The Morgan fingerprint density at radius 3 is 2.15 bits per heavy atom. The van der Waals surface area contributed by atoms with Gasteiger partial charge in [0.05, 0.1) is 7.11 Å². The Labute approximate surface area is 152 Å². The molecule has 3 rings (SSSR count). The summed E-state index contributed by atoms with van der Waals surface area (Å²) in [6.07, 6.45) is 3.47. The molecular weight excluding hydrogens is 328 g/mol. The van der Waals surface area contributed by atoms with Crippen molar-refractivity contribution < 1.29 is 14.3 Å². The van der Waals surface area contributed by atoms with E-state index in [2.05, 4.69) is 10.1 Å². The molecule has 0 saturated heterocycles. The first-order valence-corrected chi connectivity index (χ1v) is 8.29. The van der Waals surface area contributed by atoms with E-state index in [4.69, 9.17) is 14.3 Å². The molecule has 0 saturated carbocycles. The Hall–Kier alpha value is -3.34. The molecule has 0 unspecified atom stereocenters. The highest BCUT2D eigenvalue weighted by Gasteiger charge is 2.07. The Morgan fingerprint density at radius 1 is 0.808 bits per heavy atom. The number of aromatic nitrogens is 1. The standard InChI is InChI=1S/C21H20N2O3/c1-24-19-7-9-20(10-8-19)25-15-16-26-23-21(17-5-3-2-4-6-17)18-11-13-22-14-12-18/h2-14H,15-16H2,1H3. The number of methoxy groups -OCH3 is 1. The van der Waals surface area contributed by atoms with E-state index in [9.17, 15) is 0 Å². The second-order valence-corrected chi connectivity index (χ2v) is 5.40. The molecule has 1 heterocycles. The SMILES string of the molecule is COc1ccc(OCCON=C(c2ccccc2)c2ccncc2)cc1. The number of oxime groups is 1. The van der Waals surface area contributed by atoms with Crippen LogP contribution in [0.3, 0.4) is 0 Å². The van der Waals surface area contributed by atoms with Crippen LogP contribution in [0.1, 0.15) is 11.1 Å². The molecule has 0 aliphatic heterocycles. The molecule has 2 aromatic carbocycles. The zero-order valence-electron chi connectivity index (χ0n) is 14.5. The summed E-state index contributed by atoms with van der Waals surface area (Å²) in [4.78, 5) is 9.54. The van der Waals surface area contributed by atoms with E-state index in [-0.39, 0.29) is 0 Å². The van der Waals surface area contributed by atoms with Crippen LogP contribution in [0, 0.1) is 0 Å². The second-order valence-electron chi connectivity index (χ2n) is 5.40. The van der Waals surface area contributed by atoms with Crippen LogP contribution in [0.4, 0.5) is 0 Å². The molecule has 0 radical (unpaired) electrons. The number of nitrogens with zero attached hydrogens (tertiary/aromatic N) is 2. The molecule has 0 aliphatic rings. The third-order valence-corrected chi connectivity index (χ3v) is 3.66. The van der Waals surface area contributed by atoms with Gasteiger partial charge in [0.15, 0.2) is 6.61 Å². The van der Waals surface area contributed by atoms with Gasteiger partial charge in [-0.25, -0.2) is 0 Å². The van der Waals surface area contributed by atoms with Crippen LogP contribution in [-0.4, -0.2) is 31.0 Å². The van der Waals surface area contributed by atoms with Crippen LogP contribution >= 0.6 is 0 Å². The number of ether oxygens (including phenoxy) is 2. The predicted molar refractivity (Wildman–Crippen MR) is 101 cm³/mol. The number of pyridine rings is 1. The minimum absolute atomic E-state index is 0.341. The van der Waals surface area contributed by atoms with Crippen LogP contribution < -0.4 is 9.47 Å². The third-order valence-electron chi connectivity index (χ3n) is 3.66. The Balaban J connectivity index is 1.60. The van der Waals surface area contributed by atoms with Crippen molar-refractivity contribution in [3.8, 4) is 11.5 Å².